The summed E-state index contributed by atoms with van der Waals surface area (Å²) in [7, 11) is 0. The Labute approximate surface area is 263 Å². The number of halogens is 19. The molecule has 0 aliphatic carbocycles. The van der Waals surface area contributed by atoms with Crippen LogP contribution in [0.15, 0.2) is 39.5 Å². The predicted octanol–water partition coefficient (Wildman–Crippen LogP) is 7.97. The molecule has 0 radical (unpaired) electrons. The van der Waals surface area contributed by atoms with E-state index in [-0.39, 0.29) is 30.8 Å². The lowest BCUT2D eigenvalue weighted by Crippen LogP contribution is -2.70. The number of alkyl halides is 19. The number of para-hydroxylation sites is 1. The van der Waals surface area contributed by atoms with Gasteiger partial charge in [0.1, 0.15) is 11.3 Å². The second-order valence-corrected chi connectivity index (χ2v) is 9.67. The molecule has 2 atom stereocenters. The molecular weight excluding hydrogens is 759 g/mol. The van der Waals surface area contributed by atoms with Crippen molar-refractivity contribution in [2.24, 2.45) is 0 Å². The molecule has 2 rings (SSSR count). The Kier molecular flexibility index (Phi) is 11.7. The van der Waals surface area contributed by atoms with Crippen LogP contribution in [0, 0.1) is 0 Å². The zero-order valence-corrected chi connectivity index (χ0v) is 23.6. The average molecular weight is 775 g/mol. The van der Waals surface area contributed by atoms with Crippen molar-refractivity contribution in [2.75, 3.05) is 13.2 Å². The summed E-state index contributed by atoms with van der Waals surface area (Å²) in [6.07, 6.45) is -48.5. The van der Waals surface area contributed by atoms with E-state index in [0.717, 1.165) is 11.4 Å². The Hall–Kier alpha value is -3.71. The van der Waals surface area contributed by atoms with E-state index in [9.17, 15) is 93.0 Å². The number of amides is 1. The van der Waals surface area contributed by atoms with Crippen LogP contribution >= 0.6 is 0 Å². The van der Waals surface area contributed by atoms with Crippen molar-refractivity contribution in [3.63, 3.8) is 0 Å². The fraction of sp³-hybridized carbons (Fsp3) is 0.583. The first-order valence-corrected chi connectivity index (χ1v) is 12.7. The van der Waals surface area contributed by atoms with Gasteiger partial charge in [-0.25, -0.2) is 13.9 Å². The van der Waals surface area contributed by atoms with E-state index in [1.165, 1.54) is 29.0 Å². The standard InChI is InChI=1S/C24H16F19NO6/c25-16(19(29,30)31,15(46)44-8-4-1-5-9-47-13-10-14(45)48-12-7-3-2-6-11(12)13)22(38,39)50-24(42,43)18(28,21(35,36)37)49-23(40,41)17(26,27)20(32,33)34/h2-3,6-7,10H,1,4-5,8-9H2,(H,44,46). The van der Waals surface area contributed by atoms with Gasteiger partial charge in [0.15, 0.2) is 0 Å². The summed E-state index contributed by atoms with van der Waals surface area (Å²) >= 11 is 0. The van der Waals surface area contributed by atoms with Gasteiger partial charge >= 0.3 is 59.9 Å². The van der Waals surface area contributed by atoms with Crippen molar-refractivity contribution < 1.29 is 107 Å². The number of rotatable bonds is 15. The second kappa shape index (κ2) is 13.8. The predicted molar refractivity (Wildman–Crippen MR) is 123 cm³/mol. The van der Waals surface area contributed by atoms with Gasteiger partial charge in [0.25, 0.3) is 5.91 Å². The van der Waals surface area contributed by atoms with Gasteiger partial charge in [-0.3, -0.25) is 9.53 Å². The number of carbonyl (C=O) groups is 1. The lowest BCUT2D eigenvalue weighted by atomic mass is 10.0. The molecule has 0 aliphatic rings. The quantitative estimate of drug-likeness (QED) is 0.112. The van der Waals surface area contributed by atoms with Crippen LogP contribution in [-0.4, -0.2) is 73.4 Å². The number of benzene rings is 1. The van der Waals surface area contributed by atoms with Gasteiger partial charge in [-0.2, -0.15) is 79.0 Å². The van der Waals surface area contributed by atoms with Crippen molar-refractivity contribution in [3.05, 3.63) is 40.8 Å². The maximum Gasteiger partial charge on any atom is 0.462 e. The first kappa shape index (κ1) is 42.5. The number of carbonyl (C=O) groups excluding carboxylic acids is 1. The molecule has 1 amide bonds. The van der Waals surface area contributed by atoms with Gasteiger partial charge in [-0.05, 0) is 31.4 Å². The summed E-state index contributed by atoms with van der Waals surface area (Å²) in [5, 5.41) is 1.09. The molecule has 1 aromatic carbocycles. The van der Waals surface area contributed by atoms with E-state index in [1.54, 1.807) is 4.74 Å². The number of ether oxygens (including phenoxy) is 3. The Morgan fingerprint density at radius 3 is 1.74 bits per heavy atom. The molecule has 1 aromatic heterocycles. The third kappa shape index (κ3) is 8.09. The first-order chi connectivity index (χ1) is 22.3. The van der Waals surface area contributed by atoms with E-state index in [0.29, 0.717) is 5.39 Å². The fourth-order valence-corrected chi connectivity index (χ4v) is 3.52. The normalized spacial score (nSPS) is 16.5. The Balaban J connectivity index is 2.21. The number of hydrogen-bond donors (Lipinski definition) is 1. The third-order valence-electron chi connectivity index (χ3n) is 6.07. The molecule has 2 aromatic rings. The van der Waals surface area contributed by atoms with Crippen molar-refractivity contribution in [1.29, 1.82) is 0 Å². The Morgan fingerprint density at radius 2 is 1.22 bits per heavy atom. The molecule has 0 aliphatic heterocycles. The van der Waals surface area contributed by atoms with Crippen LogP contribution in [0.5, 0.6) is 5.75 Å². The summed E-state index contributed by atoms with van der Waals surface area (Å²) in [4.78, 5) is 23.4. The second-order valence-electron chi connectivity index (χ2n) is 9.67. The Morgan fingerprint density at radius 1 is 0.660 bits per heavy atom. The van der Waals surface area contributed by atoms with Crippen LogP contribution in [0.2, 0.25) is 0 Å². The SMILES string of the molecule is O=C(NCCCCCOc1cc(=O)oc2ccccc12)C(F)(C(F)(F)F)C(F)(F)OC(F)(F)C(F)(OC(F)(F)C(F)(F)C(F)(F)F)C(F)(F)F. The minimum Gasteiger partial charge on any atom is -0.493 e. The highest BCUT2D eigenvalue weighted by Gasteiger charge is 2.87. The molecule has 2 unspecified atom stereocenters. The summed E-state index contributed by atoms with van der Waals surface area (Å²) in [5.74, 6) is -20.1. The molecule has 0 bridgehead atoms. The number of unbranched alkanes of at least 4 members (excludes halogenated alkanes) is 2. The highest BCUT2D eigenvalue weighted by atomic mass is 19.4. The number of nitrogens with one attached hydrogen (secondary N) is 1. The zero-order chi connectivity index (χ0) is 39.0. The van der Waals surface area contributed by atoms with Crippen molar-refractivity contribution in [3.8, 4) is 5.75 Å². The smallest absolute Gasteiger partial charge is 0.462 e. The van der Waals surface area contributed by atoms with Crippen molar-refractivity contribution >= 4 is 16.9 Å². The van der Waals surface area contributed by atoms with Crippen LogP contribution in [0.3, 0.4) is 0 Å². The molecule has 0 saturated carbocycles. The van der Waals surface area contributed by atoms with Gasteiger partial charge in [0, 0.05) is 6.54 Å². The average Bonchev–Trinajstić information content (AvgIpc) is 2.93. The Bertz CT molecular complexity index is 1550. The van der Waals surface area contributed by atoms with Crippen LogP contribution in [-0.2, 0) is 14.3 Å². The molecule has 50 heavy (non-hydrogen) atoms. The van der Waals surface area contributed by atoms with Crippen LogP contribution in [0.4, 0.5) is 83.4 Å². The maximum absolute atomic E-state index is 14.7. The van der Waals surface area contributed by atoms with E-state index in [1.807, 2.05) is 0 Å². The topological polar surface area (TPSA) is 87.0 Å². The van der Waals surface area contributed by atoms with Crippen molar-refractivity contribution in [2.45, 2.75) is 73.6 Å². The summed E-state index contributed by atoms with van der Waals surface area (Å²) in [6.45, 7) is -1.54. The molecule has 0 spiro atoms. The first-order valence-electron chi connectivity index (χ1n) is 12.7. The summed E-state index contributed by atoms with van der Waals surface area (Å²) < 4.78 is 266. The molecule has 1 heterocycles. The minimum absolute atomic E-state index is 0.0115. The van der Waals surface area contributed by atoms with E-state index >= 15 is 0 Å². The lowest BCUT2D eigenvalue weighted by Gasteiger charge is -2.40. The molecule has 26 heteroatoms. The van der Waals surface area contributed by atoms with Gasteiger partial charge in [-0.15, -0.1) is 0 Å². The number of fused-ring (bicyclic) bond motifs is 1. The summed E-state index contributed by atoms with van der Waals surface area (Å²) in [6, 6.07) is 6.80. The fourth-order valence-electron chi connectivity index (χ4n) is 3.52. The third-order valence-corrected chi connectivity index (χ3v) is 6.07. The highest BCUT2D eigenvalue weighted by molar-refractivity contribution is 5.87. The molecular formula is C24H16F19NO6. The molecule has 7 nitrogen and oxygen atoms in total. The van der Waals surface area contributed by atoms with Gasteiger partial charge in [0.05, 0.1) is 18.1 Å². The molecule has 0 fully saturated rings. The monoisotopic (exact) mass is 775 g/mol. The zero-order valence-electron chi connectivity index (χ0n) is 23.6. The van der Waals surface area contributed by atoms with Crippen molar-refractivity contribution in [1.82, 2.24) is 5.32 Å². The number of hydrogen-bond acceptors (Lipinski definition) is 6. The van der Waals surface area contributed by atoms with E-state index in [2.05, 4.69) is 0 Å². The van der Waals surface area contributed by atoms with Crippen LogP contribution < -0.4 is 15.7 Å². The molecule has 286 valence electrons. The van der Waals surface area contributed by atoms with Crippen LogP contribution in [0.1, 0.15) is 19.3 Å². The van der Waals surface area contributed by atoms with Gasteiger partial charge < -0.3 is 14.5 Å². The largest absolute Gasteiger partial charge is 0.493 e. The molecule has 0 saturated heterocycles. The van der Waals surface area contributed by atoms with E-state index in [4.69, 9.17) is 9.15 Å². The lowest BCUT2D eigenvalue weighted by molar-refractivity contribution is -0.556. The summed E-state index contributed by atoms with van der Waals surface area (Å²) in [5.41, 5.74) is -8.00. The maximum atomic E-state index is 14.7. The van der Waals surface area contributed by atoms with E-state index < -0.39 is 78.8 Å². The minimum atomic E-state index is -8.32. The van der Waals surface area contributed by atoms with Gasteiger partial charge in [-0.1, -0.05) is 12.1 Å². The van der Waals surface area contributed by atoms with Crippen LogP contribution in [0.25, 0.3) is 11.0 Å². The molecule has 1 N–H and O–H groups in total. The highest BCUT2D eigenvalue weighted by Crippen LogP contribution is 2.57. The van der Waals surface area contributed by atoms with Gasteiger partial charge in [0.2, 0.25) is 0 Å².